The molecule has 1 aliphatic heterocycles. The standard InChI is InChI=1S/C20H27N5O4S/c1-20(2,3)16(19(27)21-4)23-18(26)15-14-12-24(30(28)29)10-11-25(14)17(22-15)13-8-6-5-7-9-13/h5-9,16,30H,10-12H2,1-4H3,(H,21,27)(H,23,26)/t16-/m1/s1. The second-order valence-corrected chi connectivity index (χ2v) is 9.30. The van der Waals surface area contributed by atoms with Crippen LogP contribution in [0.25, 0.3) is 11.4 Å². The van der Waals surface area contributed by atoms with Gasteiger partial charge in [0.05, 0.1) is 12.2 Å². The summed E-state index contributed by atoms with van der Waals surface area (Å²) in [5.41, 5.74) is 0.953. The van der Waals surface area contributed by atoms with Gasteiger partial charge in [0, 0.05) is 25.7 Å². The molecule has 2 aromatic rings. The summed E-state index contributed by atoms with van der Waals surface area (Å²) in [6.45, 7) is 6.33. The molecule has 1 aliphatic rings. The van der Waals surface area contributed by atoms with Crippen molar-refractivity contribution in [3.63, 3.8) is 0 Å². The van der Waals surface area contributed by atoms with Gasteiger partial charge in [-0.15, -0.1) is 0 Å². The maximum absolute atomic E-state index is 13.2. The third kappa shape index (κ3) is 4.39. The van der Waals surface area contributed by atoms with E-state index in [2.05, 4.69) is 15.6 Å². The molecule has 2 N–H and O–H groups in total. The van der Waals surface area contributed by atoms with Gasteiger partial charge in [-0.05, 0) is 5.41 Å². The zero-order valence-electron chi connectivity index (χ0n) is 17.5. The van der Waals surface area contributed by atoms with Crippen molar-refractivity contribution in [2.75, 3.05) is 13.6 Å². The number of carbonyl (C=O) groups is 2. The van der Waals surface area contributed by atoms with Crippen LogP contribution in [-0.2, 0) is 28.8 Å². The fourth-order valence-corrected chi connectivity index (χ4v) is 4.01. The number of likely N-dealkylation sites (N-methyl/N-ethyl adjacent to an activating group) is 1. The largest absolute Gasteiger partial charge is 0.357 e. The zero-order chi connectivity index (χ0) is 22.1. The lowest BCUT2D eigenvalue weighted by molar-refractivity contribution is -0.124. The molecule has 1 aromatic carbocycles. The Balaban J connectivity index is 2.04. The average molecular weight is 434 g/mol. The summed E-state index contributed by atoms with van der Waals surface area (Å²) in [7, 11) is -1.26. The summed E-state index contributed by atoms with van der Waals surface area (Å²) in [4.78, 5) is 30.1. The molecule has 30 heavy (non-hydrogen) atoms. The van der Waals surface area contributed by atoms with Crippen molar-refractivity contribution in [2.24, 2.45) is 5.41 Å². The lowest BCUT2D eigenvalue weighted by Gasteiger charge is -2.30. The van der Waals surface area contributed by atoms with Crippen molar-refractivity contribution in [2.45, 2.75) is 39.9 Å². The van der Waals surface area contributed by atoms with E-state index < -0.39 is 28.3 Å². The van der Waals surface area contributed by atoms with Gasteiger partial charge in [0.15, 0.2) is 5.69 Å². The Morgan fingerprint density at radius 1 is 1.13 bits per heavy atom. The topological polar surface area (TPSA) is 113 Å². The summed E-state index contributed by atoms with van der Waals surface area (Å²) >= 11 is 0. The van der Waals surface area contributed by atoms with E-state index in [-0.39, 0.29) is 18.1 Å². The van der Waals surface area contributed by atoms with E-state index in [9.17, 15) is 18.0 Å². The van der Waals surface area contributed by atoms with E-state index in [0.29, 0.717) is 24.6 Å². The minimum atomic E-state index is -2.77. The van der Waals surface area contributed by atoms with E-state index in [1.807, 2.05) is 55.7 Å². The molecule has 0 unspecified atom stereocenters. The van der Waals surface area contributed by atoms with Crippen LogP contribution in [-0.4, -0.2) is 53.7 Å². The van der Waals surface area contributed by atoms with Crippen molar-refractivity contribution >= 4 is 22.7 Å². The number of amides is 2. The number of hydrogen-bond donors (Lipinski definition) is 3. The molecule has 9 nitrogen and oxygen atoms in total. The fourth-order valence-electron chi connectivity index (χ4n) is 3.50. The Kier molecular flexibility index (Phi) is 6.27. The molecule has 0 aliphatic carbocycles. The highest BCUT2D eigenvalue weighted by Crippen LogP contribution is 2.27. The molecule has 1 aromatic heterocycles. The minimum absolute atomic E-state index is 0.0570. The number of benzene rings is 1. The Hall–Kier alpha value is -2.72. The lowest BCUT2D eigenvalue weighted by atomic mass is 9.86. The summed E-state index contributed by atoms with van der Waals surface area (Å²) in [6, 6.07) is 8.64. The van der Waals surface area contributed by atoms with Crippen LogP contribution in [0.5, 0.6) is 0 Å². The van der Waals surface area contributed by atoms with Crippen molar-refractivity contribution in [1.29, 1.82) is 0 Å². The van der Waals surface area contributed by atoms with E-state index >= 15 is 0 Å². The molecule has 0 spiro atoms. The molecule has 0 fully saturated rings. The van der Waals surface area contributed by atoms with Crippen molar-refractivity contribution < 1.29 is 18.0 Å². The van der Waals surface area contributed by atoms with Crippen LogP contribution in [0.15, 0.2) is 30.3 Å². The van der Waals surface area contributed by atoms with E-state index in [1.54, 1.807) is 0 Å². The first-order valence-corrected chi connectivity index (χ1v) is 10.8. The maximum atomic E-state index is 13.2. The van der Waals surface area contributed by atoms with Gasteiger partial charge in [0.2, 0.25) is 16.8 Å². The maximum Gasteiger partial charge on any atom is 0.272 e. The molecule has 2 amide bonds. The first-order chi connectivity index (χ1) is 14.1. The molecule has 162 valence electrons. The van der Waals surface area contributed by atoms with Crippen LogP contribution in [0, 0.1) is 5.41 Å². The van der Waals surface area contributed by atoms with Crippen LogP contribution in [0.3, 0.4) is 0 Å². The second-order valence-electron chi connectivity index (χ2n) is 8.26. The number of fused-ring (bicyclic) bond motifs is 1. The highest BCUT2D eigenvalue weighted by molar-refractivity contribution is 7.69. The highest BCUT2D eigenvalue weighted by atomic mass is 32.2. The van der Waals surface area contributed by atoms with Gasteiger partial charge in [-0.2, -0.15) is 4.31 Å². The minimum Gasteiger partial charge on any atom is -0.357 e. The molecule has 0 radical (unpaired) electrons. The number of aromatic nitrogens is 2. The lowest BCUT2D eigenvalue weighted by Crippen LogP contribution is -2.53. The predicted molar refractivity (Wildman–Crippen MR) is 113 cm³/mol. The second kappa shape index (κ2) is 8.57. The van der Waals surface area contributed by atoms with Crippen LogP contribution in [0.4, 0.5) is 0 Å². The molecule has 0 saturated carbocycles. The molecular weight excluding hydrogens is 406 g/mol. The smallest absolute Gasteiger partial charge is 0.272 e. The Morgan fingerprint density at radius 3 is 2.37 bits per heavy atom. The molecule has 2 heterocycles. The van der Waals surface area contributed by atoms with Gasteiger partial charge in [-0.3, -0.25) is 9.59 Å². The molecular formula is C20H27N5O4S. The van der Waals surface area contributed by atoms with Crippen molar-refractivity contribution in [3.05, 3.63) is 41.7 Å². The van der Waals surface area contributed by atoms with Crippen LogP contribution in [0.1, 0.15) is 37.0 Å². The summed E-state index contributed by atoms with van der Waals surface area (Å²) in [5, 5.41) is 5.36. The van der Waals surface area contributed by atoms with E-state index in [0.717, 1.165) is 5.56 Å². The highest BCUT2D eigenvalue weighted by Gasteiger charge is 2.35. The fraction of sp³-hybridized carbons (Fsp3) is 0.450. The van der Waals surface area contributed by atoms with Crippen molar-refractivity contribution in [3.8, 4) is 11.4 Å². The summed E-state index contributed by atoms with van der Waals surface area (Å²) < 4.78 is 26.2. The number of carbonyl (C=O) groups excluding carboxylic acids is 2. The molecule has 3 rings (SSSR count). The van der Waals surface area contributed by atoms with E-state index in [1.165, 1.54) is 11.4 Å². The quantitative estimate of drug-likeness (QED) is 0.603. The van der Waals surface area contributed by atoms with E-state index in [4.69, 9.17) is 0 Å². The monoisotopic (exact) mass is 433 g/mol. The summed E-state index contributed by atoms with van der Waals surface area (Å²) in [5.74, 6) is -0.215. The van der Waals surface area contributed by atoms with Gasteiger partial charge in [0.25, 0.3) is 5.91 Å². The van der Waals surface area contributed by atoms with Crippen molar-refractivity contribution in [1.82, 2.24) is 24.5 Å². The Morgan fingerprint density at radius 2 is 1.80 bits per heavy atom. The number of imidazole rings is 1. The molecule has 1 atom stereocenters. The first-order valence-electron chi connectivity index (χ1n) is 9.70. The third-order valence-electron chi connectivity index (χ3n) is 5.11. The average Bonchev–Trinajstić information content (AvgIpc) is 3.10. The Bertz CT molecular complexity index is 1020. The number of hydrogen-bond acceptors (Lipinski definition) is 5. The van der Waals surface area contributed by atoms with Crippen LogP contribution >= 0.6 is 0 Å². The number of rotatable bonds is 5. The van der Waals surface area contributed by atoms with Crippen LogP contribution in [0.2, 0.25) is 0 Å². The third-order valence-corrected chi connectivity index (χ3v) is 5.92. The van der Waals surface area contributed by atoms with Gasteiger partial charge in [0.1, 0.15) is 11.9 Å². The number of nitrogens with zero attached hydrogens (tertiary/aromatic N) is 3. The predicted octanol–water partition coefficient (Wildman–Crippen LogP) is 0.783. The summed E-state index contributed by atoms with van der Waals surface area (Å²) in [6.07, 6.45) is 0. The van der Waals surface area contributed by atoms with Gasteiger partial charge in [-0.1, -0.05) is 51.1 Å². The zero-order valence-corrected chi connectivity index (χ0v) is 18.4. The Labute approximate surface area is 177 Å². The molecule has 0 bridgehead atoms. The van der Waals surface area contributed by atoms with Gasteiger partial charge in [-0.25, -0.2) is 13.4 Å². The first kappa shape index (κ1) is 22.0. The van der Waals surface area contributed by atoms with Gasteiger partial charge < -0.3 is 15.2 Å². The SMILES string of the molecule is CNC(=O)[C@@H](NC(=O)c1nc(-c2ccccc2)n2c1CN([SH](=O)=O)CC2)C(C)(C)C. The number of nitrogens with one attached hydrogen (secondary N) is 2. The van der Waals surface area contributed by atoms with Crippen LogP contribution < -0.4 is 10.6 Å². The molecule has 10 heteroatoms. The normalized spacial score (nSPS) is 15.5. The number of thiol groups is 1. The molecule has 0 saturated heterocycles. The van der Waals surface area contributed by atoms with Gasteiger partial charge >= 0.3 is 0 Å².